The average molecular weight is 252 g/mol. The molecule has 94 valence electrons. The minimum absolute atomic E-state index is 0.281. The minimum atomic E-state index is -0.290. The number of benzene rings is 2. The highest BCUT2D eigenvalue weighted by molar-refractivity contribution is 6.34. The zero-order chi connectivity index (χ0) is 13.4. The van der Waals surface area contributed by atoms with E-state index in [-0.39, 0.29) is 18.4 Å². The molecule has 2 aromatic rings. The Hall–Kier alpha value is -2.46. The van der Waals surface area contributed by atoms with E-state index in [2.05, 4.69) is 0 Å². The molecule has 2 amide bonds. The largest absolute Gasteiger partial charge is 0.326 e. The number of nitrogens with two attached hydrogens (primary N) is 1. The van der Waals surface area contributed by atoms with Crippen molar-refractivity contribution < 1.29 is 9.59 Å². The Labute approximate surface area is 110 Å². The molecule has 0 atom stereocenters. The number of fused-ring (bicyclic) bond motifs is 1. The lowest BCUT2D eigenvalue weighted by molar-refractivity contribution is 0.0926. The third-order valence-electron chi connectivity index (χ3n) is 3.25. The van der Waals surface area contributed by atoms with E-state index in [0.29, 0.717) is 16.8 Å². The highest BCUT2D eigenvalue weighted by Crippen LogP contribution is 2.30. The number of nitrogens with zero attached hydrogens (tertiary/aromatic N) is 1. The normalized spacial score (nSPS) is 13.8. The molecule has 0 saturated heterocycles. The highest BCUT2D eigenvalue weighted by Gasteiger charge is 2.36. The maximum absolute atomic E-state index is 12.3. The molecular weight excluding hydrogens is 240 g/mol. The maximum Gasteiger partial charge on any atom is 0.266 e. The van der Waals surface area contributed by atoms with E-state index in [0.717, 1.165) is 5.56 Å². The molecule has 0 saturated carbocycles. The zero-order valence-electron chi connectivity index (χ0n) is 10.2. The van der Waals surface area contributed by atoms with Crippen molar-refractivity contribution in [3.05, 3.63) is 65.2 Å². The fourth-order valence-corrected chi connectivity index (χ4v) is 2.31. The molecule has 0 fully saturated rings. The third kappa shape index (κ3) is 1.65. The number of anilines is 1. The first kappa shape index (κ1) is 11.6. The first-order chi connectivity index (χ1) is 9.24. The molecule has 0 aromatic heterocycles. The van der Waals surface area contributed by atoms with Crippen molar-refractivity contribution in [2.24, 2.45) is 5.73 Å². The first-order valence-corrected chi connectivity index (χ1v) is 6.00. The van der Waals surface area contributed by atoms with Crippen LogP contribution in [0.15, 0.2) is 48.5 Å². The maximum atomic E-state index is 12.3. The van der Waals surface area contributed by atoms with Gasteiger partial charge in [0.1, 0.15) is 0 Å². The number of amides is 2. The van der Waals surface area contributed by atoms with Gasteiger partial charge in [-0.1, -0.05) is 30.3 Å². The van der Waals surface area contributed by atoms with Crippen molar-refractivity contribution in [3.8, 4) is 0 Å². The van der Waals surface area contributed by atoms with Gasteiger partial charge in [-0.15, -0.1) is 0 Å². The molecule has 19 heavy (non-hydrogen) atoms. The van der Waals surface area contributed by atoms with Crippen molar-refractivity contribution in [2.75, 3.05) is 4.90 Å². The van der Waals surface area contributed by atoms with Gasteiger partial charge in [0, 0.05) is 6.54 Å². The van der Waals surface area contributed by atoms with Gasteiger partial charge in [-0.2, -0.15) is 0 Å². The van der Waals surface area contributed by atoms with Crippen LogP contribution < -0.4 is 10.6 Å². The van der Waals surface area contributed by atoms with Crippen LogP contribution in [0.2, 0.25) is 0 Å². The Kier molecular flexibility index (Phi) is 2.65. The standard InChI is InChI=1S/C15H12N2O2/c16-9-10-5-1-4-8-13(10)17-14(18)11-6-2-3-7-12(11)15(17)19/h1-8H,9,16H2. The fourth-order valence-electron chi connectivity index (χ4n) is 2.31. The lowest BCUT2D eigenvalue weighted by Gasteiger charge is -2.17. The quantitative estimate of drug-likeness (QED) is 0.831. The molecule has 0 unspecified atom stereocenters. The number of carbonyl (C=O) groups is 2. The van der Waals surface area contributed by atoms with Crippen molar-refractivity contribution >= 4 is 17.5 Å². The van der Waals surface area contributed by atoms with Crippen LogP contribution in [0.1, 0.15) is 26.3 Å². The van der Waals surface area contributed by atoms with E-state index in [4.69, 9.17) is 5.73 Å². The van der Waals surface area contributed by atoms with Gasteiger partial charge in [0.2, 0.25) is 0 Å². The summed E-state index contributed by atoms with van der Waals surface area (Å²) in [5.41, 5.74) is 7.89. The molecule has 2 N–H and O–H groups in total. The van der Waals surface area contributed by atoms with Gasteiger partial charge in [-0.25, -0.2) is 4.90 Å². The summed E-state index contributed by atoms with van der Waals surface area (Å²) in [6, 6.07) is 14.0. The van der Waals surface area contributed by atoms with Crippen LogP contribution >= 0.6 is 0 Å². The second kappa shape index (κ2) is 4.33. The summed E-state index contributed by atoms with van der Waals surface area (Å²) in [6.07, 6.45) is 0. The molecule has 3 rings (SSSR count). The van der Waals surface area contributed by atoms with Crippen LogP contribution in [0.5, 0.6) is 0 Å². The lowest BCUT2D eigenvalue weighted by atomic mass is 10.1. The zero-order valence-corrected chi connectivity index (χ0v) is 10.2. The van der Waals surface area contributed by atoms with Crippen molar-refractivity contribution in [3.63, 3.8) is 0 Å². The summed E-state index contributed by atoms with van der Waals surface area (Å²) in [4.78, 5) is 25.9. The van der Waals surface area contributed by atoms with Crippen LogP contribution in [0.3, 0.4) is 0 Å². The Morgan fingerprint density at radius 2 is 1.37 bits per heavy atom. The summed E-state index contributed by atoms with van der Waals surface area (Å²) in [6.45, 7) is 0.281. The second-order valence-electron chi connectivity index (χ2n) is 4.32. The molecule has 0 radical (unpaired) electrons. The summed E-state index contributed by atoms with van der Waals surface area (Å²) >= 11 is 0. The number of para-hydroxylation sites is 1. The van der Waals surface area contributed by atoms with E-state index >= 15 is 0 Å². The van der Waals surface area contributed by atoms with Crippen LogP contribution in [0, 0.1) is 0 Å². The molecule has 4 heteroatoms. The predicted molar refractivity (Wildman–Crippen MR) is 71.9 cm³/mol. The third-order valence-corrected chi connectivity index (χ3v) is 3.25. The van der Waals surface area contributed by atoms with Crippen molar-refractivity contribution in [1.29, 1.82) is 0 Å². The second-order valence-corrected chi connectivity index (χ2v) is 4.32. The number of hydrogen-bond donors (Lipinski definition) is 1. The summed E-state index contributed by atoms with van der Waals surface area (Å²) in [5, 5.41) is 0. The summed E-state index contributed by atoms with van der Waals surface area (Å²) < 4.78 is 0. The topological polar surface area (TPSA) is 63.4 Å². The molecule has 0 aliphatic carbocycles. The fraction of sp³-hybridized carbons (Fsp3) is 0.0667. The van der Waals surface area contributed by atoms with Gasteiger partial charge in [-0.05, 0) is 23.8 Å². The van der Waals surface area contributed by atoms with E-state index in [1.165, 1.54) is 4.90 Å². The molecule has 1 aliphatic heterocycles. The summed E-state index contributed by atoms with van der Waals surface area (Å²) in [5.74, 6) is -0.581. The predicted octanol–water partition coefficient (Wildman–Crippen LogP) is 1.95. The number of carbonyl (C=O) groups excluding carboxylic acids is 2. The van der Waals surface area contributed by atoms with Gasteiger partial charge in [-0.3, -0.25) is 9.59 Å². The number of rotatable bonds is 2. The summed E-state index contributed by atoms with van der Waals surface area (Å²) in [7, 11) is 0. The minimum Gasteiger partial charge on any atom is -0.326 e. The van der Waals surface area contributed by atoms with Crippen molar-refractivity contribution in [1.82, 2.24) is 0 Å². The van der Waals surface area contributed by atoms with E-state index in [9.17, 15) is 9.59 Å². The molecule has 0 bridgehead atoms. The van der Waals surface area contributed by atoms with Gasteiger partial charge in [0.05, 0.1) is 16.8 Å². The lowest BCUT2D eigenvalue weighted by Crippen LogP contribution is -2.30. The SMILES string of the molecule is NCc1ccccc1N1C(=O)c2ccccc2C1=O. The Morgan fingerprint density at radius 3 is 1.95 bits per heavy atom. The molecule has 1 heterocycles. The number of imide groups is 1. The molecule has 1 aliphatic rings. The molecular formula is C15H12N2O2. The van der Waals surface area contributed by atoms with Crippen LogP contribution in [-0.4, -0.2) is 11.8 Å². The van der Waals surface area contributed by atoms with E-state index in [1.54, 1.807) is 36.4 Å². The Morgan fingerprint density at radius 1 is 0.842 bits per heavy atom. The number of hydrogen-bond acceptors (Lipinski definition) is 3. The van der Waals surface area contributed by atoms with E-state index < -0.39 is 0 Å². The van der Waals surface area contributed by atoms with Gasteiger partial charge >= 0.3 is 0 Å². The van der Waals surface area contributed by atoms with Crippen molar-refractivity contribution in [2.45, 2.75) is 6.54 Å². The van der Waals surface area contributed by atoms with Crippen LogP contribution in [0.25, 0.3) is 0 Å². The van der Waals surface area contributed by atoms with Gasteiger partial charge in [0.25, 0.3) is 11.8 Å². The van der Waals surface area contributed by atoms with E-state index in [1.807, 2.05) is 12.1 Å². The molecule has 0 spiro atoms. The monoisotopic (exact) mass is 252 g/mol. The Balaban J connectivity index is 2.14. The van der Waals surface area contributed by atoms with Crippen LogP contribution in [-0.2, 0) is 6.54 Å². The van der Waals surface area contributed by atoms with Crippen LogP contribution in [0.4, 0.5) is 5.69 Å². The van der Waals surface area contributed by atoms with Gasteiger partial charge in [0.15, 0.2) is 0 Å². The molecule has 2 aromatic carbocycles. The first-order valence-electron chi connectivity index (χ1n) is 6.00. The Bertz CT molecular complexity index is 644. The smallest absolute Gasteiger partial charge is 0.266 e. The average Bonchev–Trinajstić information content (AvgIpc) is 2.71. The molecule has 4 nitrogen and oxygen atoms in total. The van der Waals surface area contributed by atoms with Gasteiger partial charge < -0.3 is 5.73 Å². The highest BCUT2D eigenvalue weighted by atomic mass is 16.2.